The van der Waals surface area contributed by atoms with Gasteiger partial charge in [-0.3, -0.25) is 4.79 Å². The summed E-state index contributed by atoms with van der Waals surface area (Å²) in [7, 11) is -3.13. The second-order valence-electron chi connectivity index (χ2n) is 9.42. The molecule has 1 aromatic heterocycles. The Hall–Kier alpha value is -2.80. The molecule has 6 nitrogen and oxygen atoms in total. The maximum Gasteiger partial charge on any atom is 0.227 e. The molecule has 1 amide bonds. The van der Waals surface area contributed by atoms with Crippen molar-refractivity contribution in [1.82, 2.24) is 4.90 Å². The molecule has 34 heavy (non-hydrogen) atoms. The largest absolute Gasteiger partial charge is 0.494 e. The normalized spacial score (nSPS) is 17.4. The molecular weight excluding hydrogens is 450 g/mol. The summed E-state index contributed by atoms with van der Waals surface area (Å²) in [5.74, 6) is 1.20. The van der Waals surface area contributed by atoms with E-state index in [-0.39, 0.29) is 29.9 Å². The smallest absolute Gasteiger partial charge is 0.227 e. The first-order chi connectivity index (χ1) is 16.3. The molecule has 3 aromatic rings. The zero-order valence-electron chi connectivity index (χ0n) is 20.1. The van der Waals surface area contributed by atoms with Gasteiger partial charge in [-0.1, -0.05) is 39.0 Å². The molecule has 1 fully saturated rings. The van der Waals surface area contributed by atoms with Crippen LogP contribution in [0.5, 0.6) is 5.75 Å². The van der Waals surface area contributed by atoms with Gasteiger partial charge in [0.25, 0.3) is 0 Å². The summed E-state index contributed by atoms with van der Waals surface area (Å²) in [6.45, 7) is 7.33. The quantitative estimate of drug-likeness (QED) is 0.423. The topological polar surface area (TPSA) is 76.8 Å². The Kier molecular flexibility index (Phi) is 7.31. The minimum Gasteiger partial charge on any atom is -0.494 e. The maximum absolute atomic E-state index is 13.5. The van der Waals surface area contributed by atoms with Gasteiger partial charge in [-0.2, -0.15) is 0 Å². The van der Waals surface area contributed by atoms with Gasteiger partial charge in [0.15, 0.2) is 9.84 Å². The average molecular weight is 484 g/mol. The van der Waals surface area contributed by atoms with E-state index >= 15 is 0 Å². The Bertz CT molecular complexity index is 1240. The molecule has 0 saturated carbocycles. The SMILES string of the molecule is CCCOc1ccc(CN(C(=O)Cc2coc3ccc(C(C)C)cc23)C2CCS(=O)(=O)C2)cc1. The number of hydrogen-bond donors (Lipinski definition) is 0. The zero-order chi connectivity index (χ0) is 24.3. The van der Waals surface area contributed by atoms with Crippen molar-refractivity contribution in [1.29, 1.82) is 0 Å². The number of benzene rings is 2. The fraction of sp³-hybridized carbons (Fsp3) is 0.444. The minimum absolute atomic E-state index is 0.0140. The van der Waals surface area contributed by atoms with Crippen LogP contribution >= 0.6 is 0 Å². The standard InChI is InChI=1S/C27H33NO5S/c1-4-12-32-24-8-5-20(6-9-24)16-28(23-11-13-34(30,31)18-23)27(29)15-22-17-33-26-10-7-21(19(2)3)14-25(22)26/h5-10,14,17,19,23H,4,11-13,15-16,18H2,1-3H3. The van der Waals surface area contributed by atoms with Crippen LogP contribution in [0.2, 0.25) is 0 Å². The Morgan fingerprint density at radius 2 is 1.94 bits per heavy atom. The lowest BCUT2D eigenvalue weighted by molar-refractivity contribution is -0.133. The fourth-order valence-corrected chi connectivity index (χ4v) is 6.14. The third-order valence-electron chi connectivity index (χ3n) is 6.40. The van der Waals surface area contributed by atoms with Gasteiger partial charge >= 0.3 is 0 Å². The van der Waals surface area contributed by atoms with E-state index in [0.29, 0.717) is 25.5 Å². The molecule has 182 valence electrons. The Morgan fingerprint density at radius 3 is 2.59 bits per heavy atom. The predicted octanol–water partition coefficient (Wildman–Crippen LogP) is 5.10. The summed E-state index contributed by atoms with van der Waals surface area (Å²) >= 11 is 0. The Labute approximate surface area is 201 Å². The average Bonchev–Trinajstić information content (AvgIpc) is 3.38. The van der Waals surface area contributed by atoms with Crippen LogP contribution < -0.4 is 4.74 Å². The van der Waals surface area contributed by atoms with E-state index < -0.39 is 9.84 Å². The summed E-state index contributed by atoms with van der Waals surface area (Å²) in [6, 6.07) is 13.4. The number of ether oxygens (including phenoxy) is 1. The van der Waals surface area contributed by atoms with E-state index in [9.17, 15) is 13.2 Å². The monoisotopic (exact) mass is 483 g/mol. The maximum atomic E-state index is 13.5. The predicted molar refractivity (Wildman–Crippen MR) is 134 cm³/mol. The highest BCUT2D eigenvalue weighted by Crippen LogP contribution is 2.28. The molecule has 0 N–H and O–H groups in total. The van der Waals surface area contributed by atoms with Gasteiger partial charge in [0.1, 0.15) is 11.3 Å². The van der Waals surface area contributed by atoms with Crippen molar-refractivity contribution in [2.45, 2.75) is 58.5 Å². The zero-order valence-corrected chi connectivity index (χ0v) is 20.9. The molecule has 1 aliphatic heterocycles. The fourth-order valence-electron chi connectivity index (χ4n) is 4.41. The summed E-state index contributed by atoms with van der Waals surface area (Å²) in [6.07, 6.45) is 3.22. The van der Waals surface area contributed by atoms with Crippen molar-refractivity contribution in [2.24, 2.45) is 0 Å². The number of carbonyl (C=O) groups is 1. The first-order valence-corrected chi connectivity index (χ1v) is 13.8. The molecule has 4 rings (SSSR count). The molecule has 0 aliphatic carbocycles. The highest BCUT2D eigenvalue weighted by atomic mass is 32.2. The van der Waals surface area contributed by atoms with E-state index in [4.69, 9.17) is 9.15 Å². The highest BCUT2D eigenvalue weighted by Gasteiger charge is 2.35. The van der Waals surface area contributed by atoms with E-state index in [1.165, 1.54) is 5.56 Å². The number of rotatable bonds is 9. The van der Waals surface area contributed by atoms with E-state index in [2.05, 4.69) is 26.8 Å². The molecule has 1 saturated heterocycles. The lowest BCUT2D eigenvalue weighted by Crippen LogP contribution is -2.41. The van der Waals surface area contributed by atoms with Crippen LogP contribution in [0.1, 0.15) is 56.2 Å². The van der Waals surface area contributed by atoms with Crippen molar-refractivity contribution in [2.75, 3.05) is 18.1 Å². The van der Waals surface area contributed by atoms with Gasteiger partial charge in [-0.25, -0.2) is 8.42 Å². The van der Waals surface area contributed by atoms with E-state index in [1.807, 2.05) is 36.4 Å². The Morgan fingerprint density at radius 1 is 1.18 bits per heavy atom. The summed E-state index contributed by atoms with van der Waals surface area (Å²) in [5, 5.41) is 0.941. The number of sulfone groups is 1. The number of carbonyl (C=O) groups excluding carboxylic acids is 1. The number of furan rings is 1. The molecule has 1 atom stereocenters. The van der Waals surface area contributed by atoms with Crippen LogP contribution in [0.4, 0.5) is 0 Å². The highest BCUT2D eigenvalue weighted by molar-refractivity contribution is 7.91. The number of amides is 1. The van der Waals surface area contributed by atoms with Gasteiger partial charge in [-0.15, -0.1) is 0 Å². The van der Waals surface area contributed by atoms with Crippen LogP contribution in [-0.4, -0.2) is 43.4 Å². The van der Waals surface area contributed by atoms with Crippen LogP contribution in [0.25, 0.3) is 11.0 Å². The van der Waals surface area contributed by atoms with Crippen LogP contribution in [0.15, 0.2) is 53.1 Å². The second-order valence-corrected chi connectivity index (χ2v) is 11.6. The van der Waals surface area contributed by atoms with Crippen molar-refractivity contribution in [3.63, 3.8) is 0 Å². The lowest BCUT2D eigenvalue weighted by atomic mass is 9.99. The first kappa shape index (κ1) is 24.3. The summed E-state index contributed by atoms with van der Waals surface area (Å²) in [5.41, 5.74) is 3.72. The van der Waals surface area contributed by atoms with Gasteiger partial charge in [0.2, 0.25) is 5.91 Å². The second kappa shape index (κ2) is 10.2. The van der Waals surface area contributed by atoms with Gasteiger partial charge < -0.3 is 14.1 Å². The molecule has 0 radical (unpaired) electrons. The molecule has 7 heteroatoms. The first-order valence-electron chi connectivity index (χ1n) is 12.0. The number of hydrogen-bond acceptors (Lipinski definition) is 5. The van der Waals surface area contributed by atoms with E-state index in [0.717, 1.165) is 34.3 Å². The van der Waals surface area contributed by atoms with Gasteiger partial charge in [0.05, 0.1) is 30.8 Å². The molecule has 2 heterocycles. The van der Waals surface area contributed by atoms with Gasteiger partial charge in [0, 0.05) is 23.5 Å². The summed E-state index contributed by atoms with van der Waals surface area (Å²) < 4.78 is 35.7. The molecule has 1 aliphatic rings. The van der Waals surface area contributed by atoms with E-state index in [1.54, 1.807) is 11.2 Å². The van der Waals surface area contributed by atoms with Crippen LogP contribution in [0.3, 0.4) is 0 Å². The van der Waals surface area contributed by atoms with Crippen molar-refractivity contribution in [3.8, 4) is 5.75 Å². The molecular formula is C27H33NO5S. The minimum atomic E-state index is -3.13. The lowest BCUT2D eigenvalue weighted by Gasteiger charge is -2.28. The third kappa shape index (κ3) is 5.63. The number of nitrogens with zero attached hydrogens (tertiary/aromatic N) is 1. The van der Waals surface area contributed by atoms with Crippen molar-refractivity contribution in [3.05, 3.63) is 65.4 Å². The van der Waals surface area contributed by atoms with Crippen LogP contribution in [0, 0.1) is 0 Å². The van der Waals surface area contributed by atoms with Crippen LogP contribution in [-0.2, 0) is 27.6 Å². The Balaban J connectivity index is 1.57. The number of fused-ring (bicyclic) bond motifs is 1. The van der Waals surface area contributed by atoms with Gasteiger partial charge in [-0.05, 0) is 54.2 Å². The summed E-state index contributed by atoms with van der Waals surface area (Å²) in [4.78, 5) is 15.3. The molecule has 2 aromatic carbocycles. The van der Waals surface area contributed by atoms with Crippen molar-refractivity contribution >= 4 is 26.7 Å². The molecule has 0 bridgehead atoms. The van der Waals surface area contributed by atoms with Crippen molar-refractivity contribution < 1.29 is 22.4 Å². The molecule has 0 spiro atoms. The third-order valence-corrected chi connectivity index (χ3v) is 8.16. The molecule has 1 unspecified atom stereocenters.